The molecule has 2 heteroatoms. The highest BCUT2D eigenvalue weighted by Crippen LogP contribution is 2.09. The second-order valence-corrected chi connectivity index (χ2v) is 2.66. The number of hydrogen-bond donors (Lipinski definition) is 2. The van der Waals surface area contributed by atoms with Crippen LogP contribution in [-0.4, -0.2) is 16.3 Å². The molecule has 0 saturated carbocycles. The molecule has 60 valence electrons. The number of aliphatic hydroxyl groups is 2. The van der Waals surface area contributed by atoms with Crippen molar-refractivity contribution in [2.75, 3.05) is 0 Å². The van der Waals surface area contributed by atoms with Gasteiger partial charge in [0.2, 0.25) is 0 Å². The van der Waals surface area contributed by atoms with Gasteiger partial charge in [-0.2, -0.15) is 0 Å². The average Bonchev–Trinajstić information content (AvgIpc) is 1.88. The summed E-state index contributed by atoms with van der Waals surface area (Å²) in [6.45, 7) is 4.16. The summed E-state index contributed by atoms with van der Waals surface area (Å²) < 4.78 is 0. The quantitative estimate of drug-likeness (QED) is 0.591. The molecule has 0 aliphatic rings. The first-order valence-electron chi connectivity index (χ1n) is 3.69. The van der Waals surface area contributed by atoms with Crippen molar-refractivity contribution in [2.24, 2.45) is 5.92 Å². The van der Waals surface area contributed by atoms with E-state index < -0.39 is 6.10 Å². The highest BCUT2D eigenvalue weighted by atomic mass is 16.3. The molecular formula is C8H16O2. The summed E-state index contributed by atoms with van der Waals surface area (Å²) >= 11 is 0. The van der Waals surface area contributed by atoms with Crippen LogP contribution < -0.4 is 0 Å². The van der Waals surface area contributed by atoms with Crippen LogP contribution in [0.15, 0.2) is 12.3 Å². The third kappa shape index (κ3) is 4.39. The fourth-order valence-electron chi connectivity index (χ4n) is 0.757. The second kappa shape index (κ2) is 5.30. The van der Waals surface area contributed by atoms with Crippen LogP contribution in [0.1, 0.15) is 26.7 Å². The molecule has 2 nitrogen and oxygen atoms in total. The first-order chi connectivity index (χ1) is 4.70. The van der Waals surface area contributed by atoms with Gasteiger partial charge in [-0.3, -0.25) is 0 Å². The molecule has 2 atom stereocenters. The Hall–Kier alpha value is -0.500. The van der Waals surface area contributed by atoms with E-state index >= 15 is 0 Å². The Morgan fingerprint density at radius 2 is 2.10 bits per heavy atom. The van der Waals surface area contributed by atoms with Gasteiger partial charge in [0.1, 0.15) is 0 Å². The lowest BCUT2D eigenvalue weighted by atomic mass is 10.0. The van der Waals surface area contributed by atoms with Crippen molar-refractivity contribution in [1.29, 1.82) is 0 Å². The van der Waals surface area contributed by atoms with Gasteiger partial charge in [0.05, 0.1) is 12.4 Å². The van der Waals surface area contributed by atoms with Crippen LogP contribution in [0.5, 0.6) is 0 Å². The summed E-state index contributed by atoms with van der Waals surface area (Å²) in [6.07, 6.45) is 3.60. The third-order valence-electron chi connectivity index (χ3n) is 1.65. The summed E-state index contributed by atoms with van der Waals surface area (Å²) in [5.74, 6) is 0.520. The van der Waals surface area contributed by atoms with Crippen molar-refractivity contribution >= 4 is 0 Å². The van der Waals surface area contributed by atoms with E-state index in [2.05, 4.69) is 13.8 Å². The Morgan fingerprint density at radius 1 is 1.50 bits per heavy atom. The van der Waals surface area contributed by atoms with Crippen molar-refractivity contribution in [1.82, 2.24) is 0 Å². The molecule has 10 heavy (non-hydrogen) atoms. The molecule has 0 aliphatic heterocycles. The largest absolute Gasteiger partial charge is 0.516 e. The lowest BCUT2D eigenvalue weighted by Gasteiger charge is -2.09. The third-order valence-corrected chi connectivity index (χ3v) is 1.65. The molecule has 0 bridgehead atoms. The predicted octanol–water partition coefficient (Wildman–Crippen LogP) is 1.86. The number of aliphatic hydroxyl groups excluding tert-OH is 2. The smallest absolute Gasteiger partial charge is 0.0777 e. The lowest BCUT2D eigenvalue weighted by molar-refractivity contribution is 0.187. The predicted molar refractivity (Wildman–Crippen MR) is 41.8 cm³/mol. The first-order valence-corrected chi connectivity index (χ1v) is 3.69. The maximum Gasteiger partial charge on any atom is 0.0777 e. The Kier molecular flexibility index (Phi) is 5.03. The molecule has 0 spiro atoms. The van der Waals surface area contributed by atoms with E-state index in [4.69, 9.17) is 10.2 Å². The summed E-state index contributed by atoms with van der Waals surface area (Å²) in [4.78, 5) is 0. The standard InChI is InChI=1S/C8H16O2/c1-3-7(2)6-8(10)4-5-9/h4-5,7-10H,3,6H2,1-2H3/b5-4+. The zero-order valence-electron chi connectivity index (χ0n) is 6.62. The van der Waals surface area contributed by atoms with Crippen LogP contribution in [-0.2, 0) is 0 Å². The maximum atomic E-state index is 9.10. The molecule has 0 amide bonds. The Balaban J connectivity index is 3.46. The second-order valence-electron chi connectivity index (χ2n) is 2.66. The topological polar surface area (TPSA) is 40.5 Å². The summed E-state index contributed by atoms with van der Waals surface area (Å²) in [7, 11) is 0. The fourth-order valence-corrected chi connectivity index (χ4v) is 0.757. The van der Waals surface area contributed by atoms with Crippen LogP contribution in [0, 0.1) is 5.92 Å². The first kappa shape index (κ1) is 9.50. The van der Waals surface area contributed by atoms with Gasteiger partial charge in [-0.25, -0.2) is 0 Å². The van der Waals surface area contributed by atoms with Crippen molar-refractivity contribution in [3.05, 3.63) is 12.3 Å². The van der Waals surface area contributed by atoms with Gasteiger partial charge in [0.15, 0.2) is 0 Å². The van der Waals surface area contributed by atoms with E-state index in [1.807, 2.05) is 0 Å². The number of rotatable bonds is 4. The van der Waals surface area contributed by atoms with Crippen molar-refractivity contribution in [2.45, 2.75) is 32.8 Å². The maximum absolute atomic E-state index is 9.10. The minimum absolute atomic E-state index is 0.486. The van der Waals surface area contributed by atoms with Crippen LogP contribution >= 0.6 is 0 Å². The van der Waals surface area contributed by atoms with Crippen LogP contribution in [0.4, 0.5) is 0 Å². The van der Waals surface area contributed by atoms with E-state index in [-0.39, 0.29) is 0 Å². The molecule has 0 aromatic rings. The van der Waals surface area contributed by atoms with Gasteiger partial charge in [0.25, 0.3) is 0 Å². The van der Waals surface area contributed by atoms with Crippen molar-refractivity contribution in [3.8, 4) is 0 Å². The minimum atomic E-state index is -0.486. The van der Waals surface area contributed by atoms with Crippen LogP contribution in [0.3, 0.4) is 0 Å². The summed E-state index contributed by atoms with van der Waals surface area (Å²) in [5, 5.41) is 17.4. The van der Waals surface area contributed by atoms with Gasteiger partial charge in [0, 0.05) is 0 Å². The molecule has 0 radical (unpaired) electrons. The van der Waals surface area contributed by atoms with Crippen LogP contribution in [0.25, 0.3) is 0 Å². The van der Waals surface area contributed by atoms with E-state index in [1.54, 1.807) is 0 Å². The average molecular weight is 144 g/mol. The molecule has 0 aromatic carbocycles. The molecule has 0 heterocycles. The highest BCUT2D eigenvalue weighted by Gasteiger charge is 2.04. The van der Waals surface area contributed by atoms with Crippen LogP contribution in [0.2, 0.25) is 0 Å². The zero-order valence-corrected chi connectivity index (χ0v) is 6.62. The monoisotopic (exact) mass is 144 g/mol. The molecule has 0 rings (SSSR count). The molecule has 0 fully saturated rings. The molecule has 0 aromatic heterocycles. The molecular weight excluding hydrogens is 128 g/mol. The van der Waals surface area contributed by atoms with Gasteiger partial charge >= 0.3 is 0 Å². The SMILES string of the molecule is CCC(C)CC(O)/C=C/O. The van der Waals surface area contributed by atoms with E-state index in [9.17, 15) is 0 Å². The molecule has 2 N–H and O–H groups in total. The van der Waals surface area contributed by atoms with Gasteiger partial charge in [-0.15, -0.1) is 0 Å². The molecule has 0 aliphatic carbocycles. The lowest BCUT2D eigenvalue weighted by Crippen LogP contribution is -2.07. The van der Waals surface area contributed by atoms with E-state index in [0.29, 0.717) is 5.92 Å². The Bertz CT molecular complexity index is 99.4. The van der Waals surface area contributed by atoms with E-state index in [0.717, 1.165) is 19.1 Å². The van der Waals surface area contributed by atoms with Gasteiger partial charge < -0.3 is 10.2 Å². The summed E-state index contributed by atoms with van der Waals surface area (Å²) in [6, 6.07) is 0. The van der Waals surface area contributed by atoms with Gasteiger partial charge in [-0.05, 0) is 18.4 Å². The van der Waals surface area contributed by atoms with Crippen molar-refractivity contribution in [3.63, 3.8) is 0 Å². The highest BCUT2D eigenvalue weighted by molar-refractivity contribution is 4.82. The minimum Gasteiger partial charge on any atom is -0.516 e. The fraction of sp³-hybridized carbons (Fsp3) is 0.750. The normalized spacial score (nSPS) is 17.5. The Labute approximate surface area is 62.2 Å². The Morgan fingerprint density at radius 3 is 2.50 bits per heavy atom. The number of hydrogen-bond acceptors (Lipinski definition) is 2. The van der Waals surface area contributed by atoms with E-state index in [1.165, 1.54) is 6.08 Å². The van der Waals surface area contributed by atoms with Crippen molar-refractivity contribution < 1.29 is 10.2 Å². The molecule has 2 unspecified atom stereocenters. The molecule has 0 saturated heterocycles. The zero-order chi connectivity index (χ0) is 7.98. The summed E-state index contributed by atoms with van der Waals surface area (Å²) in [5.41, 5.74) is 0. The van der Waals surface area contributed by atoms with Gasteiger partial charge in [-0.1, -0.05) is 20.3 Å².